The van der Waals surface area contributed by atoms with Crippen LogP contribution in [0.5, 0.6) is 0 Å². The first-order valence-corrected chi connectivity index (χ1v) is 9.75. The molecule has 0 saturated carbocycles. The van der Waals surface area contributed by atoms with Crippen molar-refractivity contribution in [3.63, 3.8) is 0 Å². The Morgan fingerprint density at radius 1 is 1.14 bits per heavy atom. The molecule has 0 amide bonds. The summed E-state index contributed by atoms with van der Waals surface area (Å²) in [4.78, 5) is 6.70. The van der Waals surface area contributed by atoms with E-state index in [-0.39, 0.29) is 6.61 Å². The summed E-state index contributed by atoms with van der Waals surface area (Å²) in [5.74, 6) is 1.57. The lowest BCUT2D eigenvalue weighted by atomic mass is 9.99. The van der Waals surface area contributed by atoms with Crippen LogP contribution in [0.4, 0.5) is 13.2 Å². The molecule has 1 aromatic carbocycles. The number of guanidine groups is 1. The Morgan fingerprint density at radius 3 is 2.39 bits per heavy atom. The minimum absolute atomic E-state index is 0.0499. The van der Waals surface area contributed by atoms with Crippen molar-refractivity contribution in [1.82, 2.24) is 15.5 Å². The molecular weight excluding hydrogens is 369 g/mol. The molecule has 0 aromatic heterocycles. The maximum atomic E-state index is 12.1. The molecule has 0 atom stereocenters. The molecule has 1 saturated heterocycles. The van der Waals surface area contributed by atoms with E-state index in [1.807, 2.05) is 12.1 Å². The van der Waals surface area contributed by atoms with Crippen molar-refractivity contribution in [3.05, 3.63) is 35.4 Å². The van der Waals surface area contributed by atoms with Crippen molar-refractivity contribution in [2.75, 3.05) is 39.8 Å². The van der Waals surface area contributed by atoms with Gasteiger partial charge in [0.25, 0.3) is 0 Å². The van der Waals surface area contributed by atoms with Crippen LogP contribution in [0, 0.1) is 5.92 Å². The molecule has 1 heterocycles. The topological polar surface area (TPSA) is 48.9 Å². The Morgan fingerprint density at radius 2 is 1.79 bits per heavy atom. The number of rotatable bonds is 8. The number of nitrogens with zero attached hydrogens (tertiary/aromatic N) is 2. The molecule has 8 heteroatoms. The van der Waals surface area contributed by atoms with Gasteiger partial charge in [-0.25, -0.2) is 0 Å². The fraction of sp³-hybridized carbons (Fsp3) is 0.650. The zero-order valence-corrected chi connectivity index (χ0v) is 16.7. The predicted molar refractivity (Wildman–Crippen MR) is 105 cm³/mol. The Labute approximate surface area is 165 Å². The molecule has 0 unspecified atom stereocenters. The number of ether oxygens (including phenoxy) is 1. The first kappa shape index (κ1) is 22.5. The van der Waals surface area contributed by atoms with Gasteiger partial charge in [-0.3, -0.25) is 4.99 Å². The second-order valence-corrected chi connectivity index (χ2v) is 7.30. The van der Waals surface area contributed by atoms with Crippen LogP contribution in [0.1, 0.15) is 30.9 Å². The Kier molecular flexibility index (Phi) is 9.05. The van der Waals surface area contributed by atoms with Crippen molar-refractivity contribution in [2.24, 2.45) is 10.9 Å². The molecule has 28 heavy (non-hydrogen) atoms. The number of hydrogen-bond acceptors (Lipinski definition) is 3. The largest absolute Gasteiger partial charge is 0.411 e. The molecule has 0 aliphatic carbocycles. The van der Waals surface area contributed by atoms with E-state index in [9.17, 15) is 13.2 Å². The quantitative estimate of drug-likeness (QED) is 0.520. The summed E-state index contributed by atoms with van der Waals surface area (Å²) in [5, 5.41) is 6.58. The van der Waals surface area contributed by atoms with E-state index in [1.165, 1.54) is 12.8 Å². The average molecular weight is 400 g/mol. The molecule has 1 aromatic rings. The van der Waals surface area contributed by atoms with Crippen LogP contribution in [-0.2, 0) is 17.9 Å². The normalized spacial score (nSPS) is 17.0. The number of halogens is 3. The monoisotopic (exact) mass is 400 g/mol. The van der Waals surface area contributed by atoms with E-state index in [4.69, 9.17) is 0 Å². The summed E-state index contributed by atoms with van der Waals surface area (Å²) in [6.07, 6.45) is -1.76. The van der Waals surface area contributed by atoms with Crippen molar-refractivity contribution < 1.29 is 17.9 Å². The molecule has 2 N–H and O–H groups in total. The van der Waals surface area contributed by atoms with E-state index >= 15 is 0 Å². The third-order valence-corrected chi connectivity index (χ3v) is 4.84. The first-order chi connectivity index (χ1) is 13.4. The molecular formula is C20H31F3N4O. The Hall–Kier alpha value is -1.80. The minimum atomic E-state index is -4.29. The van der Waals surface area contributed by atoms with Crippen molar-refractivity contribution >= 4 is 5.96 Å². The number of benzene rings is 1. The smallest absolute Gasteiger partial charge is 0.367 e. The second kappa shape index (κ2) is 11.3. The van der Waals surface area contributed by atoms with Gasteiger partial charge < -0.3 is 20.3 Å². The molecule has 0 radical (unpaired) electrons. The maximum absolute atomic E-state index is 12.1. The highest BCUT2D eigenvalue weighted by molar-refractivity contribution is 5.79. The SMILES string of the molecule is CN=C(NCCN1CCC(C)CC1)NCc1ccc(COCC(F)(F)F)cc1. The standard InChI is InChI=1S/C20H31F3N4O/c1-16-7-10-27(11-8-16)12-9-25-19(24-2)26-13-17-3-5-18(6-4-17)14-28-15-20(21,22)23/h3-6,16H,7-15H2,1-2H3,(H2,24,25,26). The predicted octanol–water partition coefficient (Wildman–Crippen LogP) is 3.16. The second-order valence-electron chi connectivity index (χ2n) is 7.30. The van der Waals surface area contributed by atoms with E-state index in [0.29, 0.717) is 12.1 Å². The number of likely N-dealkylation sites (tertiary alicyclic amines) is 1. The number of aliphatic imine (C=N–C) groups is 1. The molecule has 2 rings (SSSR count). The van der Waals surface area contributed by atoms with Gasteiger partial charge in [0.15, 0.2) is 5.96 Å². The van der Waals surface area contributed by atoms with Crippen LogP contribution in [0.15, 0.2) is 29.3 Å². The van der Waals surface area contributed by atoms with Crippen LogP contribution in [0.3, 0.4) is 0 Å². The number of nitrogens with one attached hydrogen (secondary N) is 2. The van der Waals surface area contributed by atoms with Gasteiger partial charge in [-0.1, -0.05) is 31.2 Å². The molecule has 1 fully saturated rings. The van der Waals surface area contributed by atoms with Crippen LogP contribution >= 0.6 is 0 Å². The number of alkyl halides is 3. The van der Waals surface area contributed by atoms with Gasteiger partial charge in [-0.05, 0) is 43.0 Å². The van der Waals surface area contributed by atoms with E-state index in [1.54, 1.807) is 19.2 Å². The lowest BCUT2D eigenvalue weighted by Gasteiger charge is -2.30. The van der Waals surface area contributed by atoms with Gasteiger partial charge >= 0.3 is 6.18 Å². The third kappa shape index (κ3) is 8.93. The average Bonchev–Trinajstić information content (AvgIpc) is 2.66. The zero-order valence-electron chi connectivity index (χ0n) is 16.7. The highest BCUT2D eigenvalue weighted by atomic mass is 19.4. The van der Waals surface area contributed by atoms with E-state index in [0.717, 1.165) is 43.6 Å². The van der Waals surface area contributed by atoms with Crippen molar-refractivity contribution in [2.45, 2.75) is 39.1 Å². The van der Waals surface area contributed by atoms with Gasteiger partial charge in [0.1, 0.15) is 6.61 Å². The highest BCUT2D eigenvalue weighted by Crippen LogP contribution is 2.16. The van der Waals surface area contributed by atoms with Gasteiger partial charge in [-0.2, -0.15) is 13.2 Å². The fourth-order valence-electron chi connectivity index (χ4n) is 3.06. The van der Waals surface area contributed by atoms with Gasteiger partial charge in [0, 0.05) is 26.7 Å². The lowest BCUT2D eigenvalue weighted by Crippen LogP contribution is -2.43. The first-order valence-electron chi connectivity index (χ1n) is 9.75. The van der Waals surface area contributed by atoms with Crippen molar-refractivity contribution in [3.8, 4) is 0 Å². The minimum Gasteiger partial charge on any atom is -0.367 e. The van der Waals surface area contributed by atoms with Gasteiger partial charge in [-0.15, -0.1) is 0 Å². The fourth-order valence-corrected chi connectivity index (χ4v) is 3.06. The molecule has 5 nitrogen and oxygen atoms in total. The summed E-state index contributed by atoms with van der Waals surface area (Å²) < 4.78 is 40.9. The Balaban J connectivity index is 1.65. The molecule has 1 aliphatic rings. The van der Waals surface area contributed by atoms with Gasteiger partial charge in [0.05, 0.1) is 6.61 Å². The molecule has 1 aliphatic heterocycles. The summed E-state index contributed by atoms with van der Waals surface area (Å²) >= 11 is 0. The van der Waals surface area contributed by atoms with Crippen LogP contribution in [0.2, 0.25) is 0 Å². The van der Waals surface area contributed by atoms with Crippen LogP contribution in [-0.4, -0.2) is 56.9 Å². The van der Waals surface area contributed by atoms with Crippen LogP contribution < -0.4 is 10.6 Å². The van der Waals surface area contributed by atoms with Crippen molar-refractivity contribution in [1.29, 1.82) is 0 Å². The van der Waals surface area contributed by atoms with Crippen LogP contribution in [0.25, 0.3) is 0 Å². The zero-order chi connectivity index (χ0) is 20.4. The molecule has 0 bridgehead atoms. The van der Waals surface area contributed by atoms with E-state index < -0.39 is 12.8 Å². The Bertz CT molecular complexity index is 596. The number of hydrogen-bond donors (Lipinski definition) is 2. The summed E-state index contributed by atoms with van der Waals surface area (Å²) in [7, 11) is 1.74. The summed E-state index contributed by atoms with van der Waals surface area (Å²) in [6, 6.07) is 7.31. The summed E-state index contributed by atoms with van der Waals surface area (Å²) in [6.45, 7) is 5.78. The molecule has 158 valence electrons. The van der Waals surface area contributed by atoms with E-state index in [2.05, 4.69) is 32.2 Å². The third-order valence-electron chi connectivity index (χ3n) is 4.84. The number of piperidine rings is 1. The van der Waals surface area contributed by atoms with Gasteiger partial charge in [0.2, 0.25) is 0 Å². The maximum Gasteiger partial charge on any atom is 0.411 e. The summed E-state index contributed by atoms with van der Waals surface area (Å²) in [5.41, 5.74) is 1.74. The molecule has 0 spiro atoms. The lowest BCUT2D eigenvalue weighted by molar-refractivity contribution is -0.176. The highest BCUT2D eigenvalue weighted by Gasteiger charge is 2.27.